The van der Waals surface area contributed by atoms with Crippen molar-refractivity contribution in [3.8, 4) is 28.6 Å². The first-order valence-corrected chi connectivity index (χ1v) is 22.8. The Bertz CT molecular complexity index is 3040. The van der Waals surface area contributed by atoms with Crippen LogP contribution in [-0.2, 0) is 0 Å². The van der Waals surface area contributed by atoms with Crippen molar-refractivity contribution in [2.45, 2.75) is 76.8 Å². The van der Waals surface area contributed by atoms with Crippen molar-refractivity contribution in [1.29, 1.82) is 0 Å². The third-order valence-corrected chi connectivity index (χ3v) is 11.8. The number of halogens is 8. The molecule has 0 saturated heterocycles. The average Bonchev–Trinajstić information content (AvgIpc) is 4.20. The van der Waals surface area contributed by atoms with Crippen LogP contribution in [0.4, 0.5) is 42.1 Å². The van der Waals surface area contributed by atoms with Gasteiger partial charge in [-0.2, -0.15) is 26.3 Å². The fourth-order valence-corrected chi connectivity index (χ4v) is 7.94. The largest absolute Gasteiger partial charge is 0.497 e. The minimum Gasteiger partial charge on any atom is -0.497 e. The zero-order valence-corrected chi connectivity index (χ0v) is 39.0. The number of nitrogens with one attached hydrogen (secondary N) is 4. The van der Waals surface area contributed by atoms with Crippen LogP contribution < -0.4 is 30.7 Å². The number of anilines is 2. The summed E-state index contributed by atoms with van der Waals surface area (Å²) in [5.41, 5.74) is 7.37. The normalized spacial score (nSPS) is 13.7. The molecule has 69 heavy (non-hydrogen) atoms. The molecule has 0 unspecified atom stereocenters. The molecule has 12 nitrogen and oxygen atoms in total. The summed E-state index contributed by atoms with van der Waals surface area (Å²) in [5.74, 6) is -0.441. The Labute approximate surface area is 399 Å². The predicted molar refractivity (Wildman–Crippen MR) is 252 cm³/mol. The van der Waals surface area contributed by atoms with Gasteiger partial charge in [-0.05, 0) is 111 Å². The fraction of sp³-hybridized carbons (Fsp3) is 0.306. The number of benzene rings is 5. The molecular weight excluding hydrogens is 977 g/mol. The van der Waals surface area contributed by atoms with E-state index >= 15 is 0 Å². The second-order valence-corrected chi connectivity index (χ2v) is 17.8. The van der Waals surface area contributed by atoms with Crippen molar-refractivity contribution in [3.05, 3.63) is 124 Å². The van der Waals surface area contributed by atoms with Crippen LogP contribution in [0.15, 0.2) is 96.0 Å². The lowest BCUT2D eigenvalue weighted by Crippen LogP contribution is -2.26. The summed E-state index contributed by atoms with van der Waals surface area (Å²) in [4.78, 5) is 33.7. The SMILES string of the molecule is COc1ccc(Oc2cc(NCCC(F)(F)F)c3ncn(-c4ccc(C(=O)NC5CC5)c(C)c4)c3c2)c(F)c1.Cc1cc(-n2cnc3c(NCCC(F)(F)F)cc(Br)cc32)ccc1C(=O)NC1CC1. The highest BCUT2D eigenvalue weighted by Crippen LogP contribution is 2.36. The van der Waals surface area contributed by atoms with Crippen LogP contribution in [0.2, 0.25) is 0 Å². The summed E-state index contributed by atoms with van der Waals surface area (Å²) in [6.07, 6.45) is -3.35. The molecule has 2 saturated carbocycles. The quantitative estimate of drug-likeness (QED) is 0.0746. The van der Waals surface area contributed by atoms with Crippen molar-refractivity contribution in [3.63, 3.8) is 0 Å². The van der Waals surface area contributed by atoms with Crippen molar-refractivity contribution in [2.24, 2.45) is 0 Å². The molecule has 9 rings (SSSR count). The summed E-state index contributed by atoms with van der Waals surface area (Å²) in [7, 11) is 1.41. The topological polar surface area (TPSA) is 136 Å². The molecule has 0 bridgehead atoms. The number of rotatable bonds is 15. The smallest absolute Gasteiger partial charge is 0.390 e. The van der Waals surface area contributed by atoms with Gasteiger partial charge in [0.2, 0.25) is 0 Å². The summed E-state index contributed by atoms with van der Waals surface area (Å²) in [6.45, 7) is 3.10. The van der Waals surface area contributed by atoms with Crippen LogP contribution in [0.5, 0.6) is 17.2 Å². The van der Waals surface area contributed by atoms with Gasteiger partial charge in [-0.25, -0.2) is 14.4 Å². The number of amides is 2. The van der Waals surface area contributed by atoms with E-state index in [0.29, 0.717) is 50.5 Å². The molecule has 20 heteroatoms. The molecule has 0 atom stereocenters. The molecule has 0 radical (unpaired) electrons. The lowest BCUT2D eigenvalue weighted by Gasteiger charge is -2.14. The van der Waals surface area contributed by atoms with Gasteiger partial charge >= 0.3 is 12.4 Å². The van der Waals surface area contributed by atoms with E-state index in [-0.39, 0.29) is 48.5 Å². The third kappa shape index (κ3) is 12.3. The van der Waals surface area contributed by atoms with Crippen molar-refractivity contribution in [1.82, 2.24) is 29.7 Å². The molecular formula is C49H46BrF7N8O4. The standard InChI is InChI=1S/C28H26F4N4O3.C21H20BrF3N4O/c1-16-11-18(5-7-21(16)27(37)35-17-3-4-17)36-15-34-26-23(33-10-9-28(30,31)32)13-20(14-24(26)36)39-25-8-6-19(38-2)12-22(25)29;1-12-8-15(4-5-16(12)20(30)28-14-2-3-14)29-11-27-19-17(9-13(22)10-18(19)29)26-7-6-21(23,24)25/h5-8,11-15,17,33H,3-4,9-10H2,1-2H3,(H,35,37);4-5,8-11,14,26H,2-3,6-7H2,1H3,(H,28,30). The number of nitrogens with zero attached hydrogens (tertiary/aromatic N) is 4. The van der Waals surface area contributed by atoms with Gasteiger partial charge in [0.25, 0.3) is 11.8 Å². The first-order valence-electron chi connectivity index (χ1n) is 22.0. The third-order valence-electron chi connectivity index (χ3n) is 11.3. The average molecular weight is 1020 g/mol. The maximum Gasteiger partial charge on any atom is 0.390 e. The van der Waals surface area contributed by atoms with Gasteiger partial charge in [0.1, 0.15) is 35.2 Å². The van der Waals surface area contributed by atoms with Gasteiger partial charge in [0.05, 0.1) is 42.4 Å². The van der Waals surface area contributed by atoms with E-state index in [1.807, 2.05) is 42.7 Å². The monoisotopic (exact) mass is 1020 g/mol. The first-order chi connectivity index (χ1) is 32.8. The van der Waals surface area contributed by atoms with Gasteiger partial charge in [-0.15, -0.1) is 0 Å². The van der Waals surface area contributed by atoms with Crippen LogP contribution in [0, 0.1) is 19.7 Å². The van der Waals surface area contributed by atoms with E-state index in [9.17, 15) is 40.3 Å². The van der Waals surface area contributed by atoms with Crippen LogP contribution >= 0.6 is 15.9 Å². The van der Waals surface area contributed by atoms with Crippen LogP contribution in [-0.4, -0.2) is 75.6 Å². The molecule has 0 spiro atoms. The number of hydrogen-bond donors (Lipinski definition) is 4. The van der Waals surface area contributed by atoms with E-state index in [1.165, 1.54) is 37.7 Å². The molecule has 2 fully saturated rings. The Morgan fingerprint density at radius 3 is 1.61 bits per heavy atom. The first kappa shape index (κ1) is 48.6. The number of imidazole rings is 2. The number of carbonyl (C=O) groups excluding carboxylic acids is 2. The second-order valence-electron chi connectivity index (χ2n) is 16.9. The zero-order chi connectivity index (χ0) is 49.2. The molecule has 2 amide bonds. The number of fused-ring (bicyclic) bond motifs is 2. The Morgan fingerprint density at radius 1 is 0.667 bits per heavy atom. The lowest BCUT2D eigenvalue weighted by atomic mass is 10.1. The van der Waals surface area contributed by atoms with Crippen molar-refractivity contribution in [2.75, 3.05) is 30.8 Å². The van der Waals surface area contributed by atoms with E-state index in [4.69, 9.17) is 9.47 Å². The van der Waals surface area contributed by atoms with E-state index in [2.05, 4.69) is 47.2 Å². The maximum atomic E-state index is 14.6. The zero-order valence-electron chi connectivity index (χ0n) is 37.4. The Balaban J connectivity index is 0.000000192. The summed E-state index contributed by atoms with van der Waals surface area (Å²) in [6, 6.07) is 22.2. The summed E-state index contributed by atoms with van der Waals surface area (Å²) >= 11 is 3.42. The number of methoxy groups -OCH3 is 1. The fourth-order valence-electron chi connectivity index (χ4n) is 7.49. The highest BCUT2D eigenvalue weighted by molar-refractivity contribution is 9.10. The number of ether oxygens (including phenoxy) is 2. The van der Waals surface area contributed by atoms with E-state index < -0.39 is 31.0 Å². The number of hydrogen-bond acceptors (Lipinski definition) is 8. The van der Waals surface area contributed by atoms with Gasteiger partial charge in [-0.3, -0.25) is 18.7 Å². The molecule has 2 aliphatic rings. The molecule has 0 aliphatic heterocycles. The molecule has 2 aromatic heterocycles. The van der Waals surface area contributed by atoms with Crippen LogP contribution in [0.3, 0.4) is 0 Å². The van der Waals surface area contributed by atoms with E-state index in [1.54, 1.807) is 41.2 Å². The number of aryl methyl sites for hydroxylation is 2. The second kappa shape index (κ2) is 20.0. The molecule has 5 aromatic carbocycles. The van der Waals surface area contributed by atoms with Crippen molar-refractivity contribution < 1.29 is 49.8 Å². The molecule has 2 aliphatic carbocycles. The van der Waals surface area contributed by atoms with E-state index in [0.717, 1.165) is 52.5 Å². The number of aromatic nitrogens is 4. The lowest BCUT2D eigenvalue weighted by molar-refractivity contribution is -0.132. The minimum absolute atomic E-state index is 0.0732. The molecule has 4 N–H and O–H groups in total. The van der Waals surface area contributed by atoms with Gasteiger partial charge < -0.3 is 30.7 Å². The number of carbonyl (C=O) groups is 2. The van der Waals surface area contributed by atoms with Crippen molar-refractivity contribution >= 4 is 61.2 Å². The molecule has 2 heterocycles. The Kier molecular flexibility index (Phi) is 14.1. The maximum absolute atomic E-state index is 14.6. The Hall–Kier alpha value is -6.83. The Morgan fingerprint density at radius 2 is 1.16 bits per heavy atom. The molecule has 7 aromatic rings. The molecule has 362 valence electrons. The minimum atomic E-state index is -4.34. The van der Waals surface area contributed by atoms with Crippen LogP contribution in [0.25, 0.3) is 33.4 Å². The van der Waals surface area contributed by atoms with Gasteiger partial charge in [0, 0.05) is 70.3 Å². The van der Waals surface area contributed by atoms with Gasteiger partial charge in [0.15, 0.2) is 11.6 Å². The van der Waals surface area contributed by atoms with Gasteiger partial charge in [-0.1, -0.05) is 15.9 Å². The summed E-state index contributed by atoms with van der Waals surface area (Å²) in [5, 5.41) is 11.6. The summed E-state index contributed by atoms with van der Waals surface area (Å²) < 4.78 is 106. The van der Waals surface area contributed by atoms with Crippen LogP contribution in [0.1, 0.15) is 70.4 Å². The highest BCUT2D eigenvalue weighted by Gasteiger charge is 2.29. The highest BCUT2D eigenvalue weighted by atomic mass is 79.9. The number of alkyl halides is 6. The predicted octanol–water partition coefficient (Wildman–Crippen LogP) is 11.9.